The minimum atomic E-state index is -2.20. The van der Waals surface area contributed by atoms with E-state index < -0.39 is 12.9 Å². The van der Waals surface area contributed by atoms with Crippen molar-refractivity contribution < 1.29 is 13.6 Å². The lowest BCUT2D eigenvalue weighted by molar-refractivity contribution is 0.324. The van der Waals surface area contributed by atoms with E-state index in [0.29, 0.717) is 11.6 Å². The van der Waals surface area contributed by atoms with Gasteiger partial charge in [0.1, 0.15) is 23.9 Å². The third-order valence-electron chi connectivity index (χ3n) is 8.27. The van der Waals surface area contributed by atoms with Crippen LogP contribution in [0.4, 0.5) is 0 Å². The number of pyridine rings is 1. The average molecular weight is 519 g/mol. The summed E-state index contributed by atoms with van der Waals surface area (Å²) in [6.07, 6.45) is 1.86. The van der Waals surface area contributed by atoms with Crippen LogP contribution in [0.3, 0.4) is 0 Å². The van der Waals surface area contributed by atoms with Crippen LogP contribution in [0.1, 0.15) is 63.8 Å². The Bertz CT molecular complexity index is 1980. The molecule has 2 aliphatic rings. The zero-order valence-electron chi connectivity index (χ0n) is 26.1. The van der Waals surface area contributed by atoms with Crippen molar-refractivity contribution in [3.63, 3.8) is 0 Å². The zero-order chi connectivity index (χ0) is 29.7. The van der Waals surface area contributed by atoms with Crippen LogP contribution in [0.5, 0.6) is 11.5 Å². The van der Waals surface area contributed by atoms with Crippen molar-refractivity contribution in [2.24, 2.45) is 4.99 Å². The molecule has 0 unspecified atom stereocenters. The fourth-order valence-corrected chi connectivity index (χ4v) is 6.25. The van der Waals surface area contributed by atoms with Gasteiger partial charge in [-0.05, 0) is 81.1 Å². The highest BCUT2D eigenvalue weighted by Gasteiger charge is 2.36. The summed E-state index contributed by atoms with van der Waals surface area (Å²) in [5.74, 6) is 2.71. The van der Waals surface area contributed by atoms with Crippen LogP contribution in [-0.4, -0.2) is 28.1 Å². The molecule has 4 heterocycles. The molecule has 0 fully saturated rings. The average Bonchev–Trinajstić information content (AvgIpc) is 3.53. The second kappa shape index (κ2) is 8.19. The van der Waals surface area contributed by atoms with Crippen LogP contribution in [0.25, 0.3) is 27.6 Å². The van der Waals surface area contributed by atoms with E-state index in [-0.39, 0.29) is 12.0 Å². The maximum Gasteiger partial charge on any atom is 0.216 e. The third-order valence-corrected chi connectivity index (χ3v) is 8.27. The van der Waals surface area contributed by atoms with Crippen molar-refractivity contribution >= 4 is 27.7 Å². The predicted molar refractivity (Wildman–Crippen MR) is 158 cm³/mol. The molecule has 0 spiro atoms. The molecule has 0 N–H and O–H groups in total. The first-order valence-electron chi connectivity index (χ1n) is 14.9. The third kappa shape index (κ3) is 3.45. The summed E-state index contributed by atoms with van der Waals surface area (Å²) in [4.78, 5) is 9.27. The van der Waals surface area contributed by atoms with E-state index in [9.17, 15) is 0 Å². The highest BCUT2D eigenvalue weighted by molar-refractivity contribution is 6.12. The van der Waals surface area contributed by atoms with Crippen molar-refractivity contribution in [3.8, 4) is 17.3 Å². The molecular formula is C34H33N3O2. The molecule has 5 aromatic rings. The van der Waals surface area contributed by atoms with Gasteiger partial charge in [-0.3, -0.25) is 4.57 Å². The summed E-state index contributed by atoms with van der Waals surface area (Å²) in [5.41, 5.74) is 9.44. The number of rotatable bonds is 3. The highest BCUT2D eigenvalue weighted by atomic mass is 16.5. The summed E-state index contributed by atoms with van der Waals surface area (Å²) >= 11 is 0. The Morgan fingerprint density at radius 1 is 0.949 bits per heavy atom. The van der Waals surface area contributed by atoms with Crippen LogP contribution in [0, 0.1) is 27.7 Å². The Hall–Kier alpha value is -4.12. The Labute approximate surface area is 233 Å². The van der Waals surface area contributed by atoms with Crippen LogP contribution >= 0.6 is 0 Å². The molecule has 3 aromatic carbocycles. The van der Waals surface area contributed by atoms with E-state index in [2.05, 4.69) is 67.6 Å². The van der Waals surface area contributed by atoms with Gasteiger partial charge in [0.05, 0.1) is 17.1 Å². The predicted octanol–water partition coefficient (Wildman–Crippen LogP) is 8.01. The molecule has 1 atom stereocenters. The first-order chi connectivity index (χ1) is 19.8. The highest BCUT2D eigenvalue weighted by Crippen LogP contribution is 2.48. The molecule has 7 rings (SSSR count). The molecule has 0 saturated carbocycles. The van der Waals surface area contributed by atoms with Gasteiger partial charge < -0.3 is 9.47 Å². The maximum atomic E-state index is 7.73. The minimum absolute atomic E-state index is 0.0451. The number of hydrogen-bond donors (Lipinski definition) is 0. The standard InChI is InChI=1S/C34H33N3O2/c1-18-11-25-24-14-21(4)30(39-29-15-23(19(2)13-20(29)3)33-36-22(5)17-38-33)16-28(24)37-31(25)27(12-18)34(6,7)26-9-8-10-35-32(26)37/h8-16,22H,17H2,1-7H3/t22-/m1/s1/i5D3. The molecule has 0 amide bonds. The fraction of sp³-hybridized carbons (Fsp3) is 0.294. The number of aromatic nitrogens is 2. The normalized spacial score (nSPS) is 18.8. The van der Waals surface area contributed by atoms with E-state index >= 15 is 0 Å². The van der Waals surface area contributed by atoms with Crippen molar-refractivity contribution in [2.45, 2.75) is 59.9 Å². The lowest BCUT2D eigenvalue weighted by atomic mass is 9.75. The van der Waals surface area contributed by atoms with Crippen molar-refractivity contribution in [2.75, 3.05) is 6.61 Å². The second-order valence-corrected chi connectivity index (χ2v) is 11.5. The fourth-order valence-electron chi connectivity index (χ4n) is 6.25. The smallest absolute Gasteiger partial charge is 0.216 e. The number of nitrogens with zero attached hydrogens (tertiary/aromatic N) is 3. The van der Waals surface area contributed by atoms with Gasteiger partial charge in [-0.25, -0.2) is 9.98 Å². The van der Waals surface area contributed by atoms with Crippen LogP contribution in [-0.2, 0) is 10.2 Å². The Kier molecular flexibility index (Phi) is 4.37. The number of aliphatic imine (C=N–C) groups is 1. The molecule has 0 radical (unpaired) electrons. The lowest BCUT2D eigenvalue weighted by Gasteiger charge is -2.34. The van der Waals surface area contributed by atoms with Gasteiger partial charge in [0.25, 0.3) is 0 Å². The molecule has 5 heteroatoms. The molecule has 5 nitrogen and oxygen atoms in total. The molecule has 0 saturated heterocycles. The summed E-state index contributed by atoms with van der Waals surface area (Å²) in [6, 6.07) is 16.2. The Balaban J connectivity index is 1.40. The second-order valence-electron chi connectivity index (χ2n) is 11.5. The van der Waals surface area contributed by atoms with Gasteiger partial charge in [0.2, 0.25) is 5.90 Å². The van der Waals surface area contributed by atoms with E-state index in [1.807, 2.05) is 38.2 Å². The molecule has 196 valence electrons. The lowest BCUT2D eigenvalue weighted by Crippen LogP contribution is -2.27. The summed E-state index contributed by atoms with van der Waals surface area (Å²) in [5, 5.41) is 2.38. The summed E-state index contributed by atoms with van der Waals surface area (Å²) in [7, 11) is 0. The summed E-state index contributed by atoms with van der Waals surface area (Å²) < 4.78 is 37.9. The molecule has 2 aliphatic heterocycles. The Morgan fingerprint density at radius 2 is 1.74 bits per heavy atom. The number of ether oxygens (including phenoxy) is 2. The van der Waals surface area contributed by atoms with E-state index in [0.717, 1.165) is 39.3 Å². The van der Waals surface area contributed by atoms with Crippen LogP contribution in [0.2, 0.25) is 0 Å². The quantitative estimate of drug-likeness (QED) is 0.243. The molecular weight excluding hydrogens is 482 g/mol. The summed E-state index contributed by atoms with van der Waals surface area (Å²) in [6.45, 7) is 10.6. The van der Waals surface area contributed by atoms with Gasteiger partial charge in [-0.1, -0.05) is 37.6 Å². The SMILES string of the molecule is [2H]C([2H])([2H])[C@@H]1COC(c2cc(Oc3cc4c(cc3C)c3cc(C)cc5c3n4-c3ncccc3C5(C)C)c(C)cc2C)=N1. The number of fused-ring (bicyclic) bond motifs is 5. The van der Waals surface area contributed by atoms with Crippen LogP contribution < -0.4 is 4.74 Å². The van der Waals surface area contributed by atoms with Crippen LogP contribution in [0.15, 0.2) is 59.7 Å². The van der Waals surface area contributed by atoms with E-state index in [4.69, 9.17) is 18.6 Å². The van der Waals surface area contributed by atoms with Crippen molar-refractivity contribution in [1.29, 1.82) is 0 Å². The number of aryl methyl sites for hydroxylation is 4. The largest absolute Gasteiger partial charge is 0.475 e. The van der Waals surface area contributed by atoms with E-state index in [1.165, 1.54) is 33.0 Å². The van der Waals surface area contributed by atoms with E-state index in [1.54, 1.807) is 0 Å². The number of hydrogen-bond acceptors (Lipinski definition) is 4. The minimum Gasteiger partial charge on any atom is -0.475 e. The first-order valence-corrected chi connectivity index (χ1v) is 13.4. The van der Waals surface area contributed by atoms with Crippen molar-refractivity contribution in [3.05, 3.63) is 93.7 Å². The topological polar surface area (TPSA) is 48.6 Å². The van der Waals surface area contributed by atoms with Gasteiger partial charge in [-0.15, -0.1) is 0 Å². The van der Waals surface area contributed by atoms with Gasteiger partial charge in [0, 0.05) is 43.7 Å². The maximum absolute atomic E-state index is 7.73. The molecule has 39 heavy (non-hydrogen) atoms. The molecule has 0 aliphatic carbocycles. The van der Waals surface area contributed by atoms with Gasteiger partial charge >= 0.3 is 0 Å². The Morgan fingerprint density at radius 3 is 2.54 bits per heavy atom. The van der Waals surface area contributed by atoms with Gasteiger partial charge in [-0.2, -0.15) is 0 Å². The monoisotopic (exact) mass is 518 g/mol. The van der Waals surface area contributed by atoms with Gasteiger partial charge in [0.15, 0.2) is 0 Å². The molecule has 0 bridgehead atoms. The number of benzene rings is 3. The van der Waals surface area contributed by atoms with Crippen molar-refractivity contribution in [1.82, 2.24) is 9.55 Å². The molecule has 2 aromatic heterocycles. The zero-order valence-corrected chi connectivity index (χ0v) is 23.1. The first kappa shape index (κ1) is 20.8.